The topological polar surface area (TPSA) is 87.9 Å². The first-order valence-corrected chi connectivity index (χ1v) is 6.05. The molecule has 0 aromatic carbocycles. The zero-order valence-electron chi connectivity index (χ0n) is 10.2. The van der Waals surface area contributed by atoms with Gasteiger partial charge in [-0.15, -0.1) is 0 Å². The minimum Gasteiger partial charge on any atom is -0.459 e. The zero-order chi connectivity index (χ0) is 13.1. The van der Waals surface area contributed by atoms with Crippen LogP contribution in [0.2, 0.25) is 0 Å². The minimum absolute atomic E-state index is 0.285. The van der Waals surface area contributed by atoms with E-state index in [4.69, 9.17) is 14.2 Å². The molecule has 3 fully saturated rings. The molecule has 2 aliphatic heterocycles. The lowest BCUT2D eigenvalue weighted by Crippen LogP contribution is -2.47. The second kappa shape index (κ2) is 3.64. The van der Waals surface area contributed by atoms with Crippen LogP contribution in [0.1, 0.15) is 20.3 Å². The highest BCUT2D eigenvalue weighted by Crippen LogP contribution is 2.47. The van der Waals surface area contributed by atoms with Gasteiger partial charge in [-0.3, -0.25) is 14.9 Å². The molecule has 0 aromatic heterocycles. The Morgan fingerprint density at radius 3 is 2.72 bits per heavy atom. The number of nitrogens with zero attached hydrogens (tertiary/aromatic N) is 1. The number of ether oxygens (including phenoxy) is 3. The number of rotatable bonds is 2. The molecular weight excluding hydrogens is 242 g/mol. The number of nitro groups is 1. The molecule has 0 unspecified atom stereocenters. The van der Waals surface area contributed by atoms with Crippen LogP contribution in [0.4, 0.5) is 0 Å². The SMILES string of the molecule is CC1(C)O[C@H]2[C@H](C[N+](=O)[O-])[C@H]3C[C@H](OC3=O)[C@H]2O1. The van der Waals surface area contributed by atoms with Gasteiger partial charge in [0.15, 0.2) is 5.79 Å². The summed E-state index contributed by atoms with van der Waals surface area (Å²) in [6, 6.07) is 0. The summed E-state index contributed by atoms with van der Waals surface area (Å²) in [6.07, 6.45) is -0.636. The van der Waals surface area contributed by atoms with E-state index in [0.717, 1.165) is 0 Å². The minimum atomic E-state index is -0.777. The molecule has 2 heterocycles. The third-order valence-electron chi connectivity index (χ3n) is 3.89. The summed E-state index contributed by atoms with van der Waals surface area (Å²) < 4.78 is 16.7. The third kappa shape index (κ3) is 1.69. The van der Waals surface area contributed by atoms with Crippen molar-refractivity contribution in [1.29, 1.82) is 0 Å². The molecular formula is C11H15NO6. The molecule has 7 nitrogen and oxygen atoms in total. The number of esters is 1. The molecule has 100 valence electrons. The van der Waals surface area contributed by atoms with Crippen LogP contribution in [0.15, 0.2) is 0 Å². The predicted molar refractivity (Wildman–Crippen MR) is 57.2 cm³/mol. The molecule has 3 rings (SSSR count). The first-order chi connectivity index (χ1) is 8.37. The maximum absolute atomic E-state index is 11.7. The standard InChI is InChI=1S/C11H15NO6/c1-11(2)17-8-6(4-12(14)15)5-3-7(9(8)18-11)16-10(5)13/h5-9H,3-4H2,1-2H3/t5-,6-,7+,8+,9-/m1/s1. The smallest absolute Gasteiger partial charge is 0.310 e. The van der Waals surface area contributed by atoms with Crippen molar-refractivity contribution in [2.75, 3.05) is 6.54 Å². The average molecular weight is 257 g/mol. The maximum atomic E-state index is 11.7. The highest BCUT2D eigenvalue weighted by atomic mass is 16.8. The Morgan fingerprint density at radius 1 is 1.39 bits per heavy atom. The molecule has 3 aliphatic rings. The van der Waals surface area contributed by atoms with E-state index < -0.39 is 28.7 Å². The maximum Gasteiger partial charge on any atom is 0.310 e. The van der Waals surface area contributed by atoms with Gasteiger partial charge in [-0.2, -0.15) is 0 Å². The van der Waals surface area contributed by atoms with Crippen molar-refractivity contribution in [1.82, 2.24) is 0 Å². The number of hydrogen-bond donors (Lipinski definition) is 0. The van der Waals surface area contributed by atoms with Gasteiger partial charge in [0, 0.05) is 11.3 Å². The Balaban J connectivity index is 1.90. The number of fused-ring (bicyclic) bond motifs is 4. The fraction of sp³-hybridized carbons (Fsp3) is 0.909. The summed E-state index contributed by atoms with van der Waals surface area (Å²) in [4.78, 5) is 22.0. The van der Waals surface area contributed by atoms with Crippen LogP contribution in [0.5, 0.6) is 0 Å². The predicted octanol–water partition coefficient (Wildman–Crippen LogP) is 0.345. The Hall–Kier alpha value is -1.21. The van der Waals surface area contributed by atoms with Gasteiger partial charge < -0.3 is 14.2 Å². The van der Waals surface area contributed by atoms with Gasteiger partial charge in [0.1, 0.15) is 18.3 Å². The van der Waals surface area contributed by atoms with Crippen molar-refractivity contribution in [2.45, 2.75) is 44.4 Å². The Morgan fingerprint density at radius 2 is 2.06 bits per heavy atom. The van der Waals surface area contributed by atoms with Gasteiger partial charge >= 0.3 is 5.97 Å². The van der Waals surface area contributed by atoms with E-state index in [-0.39, 0.29) is 24.7 Å². The van der Waals surface area contributed by atoms with Crippen LogP contribution in [-0.4, -0.2) is 41.5 Å². The van der Waals surface area contributed by atoms with Gasteiger partial charge in [-0.1, -0.05) is 0 Å². The van der Waals surface area contributed by atoms with Gasteiger partial charge in [0.05, 0.1) is 11.8 Å². The molecule has 2 bridgehead atoms. The summed E-state index contributed by atoms with van der Waals surface area (Å²) in [6.45, 7) is 3.25. The highest BCUT2D eigenvalue weighted by molar-refractivity contribution is 5.75. The number of hydrogen-bond acceptors (Lipinski definition) is 6. The van der Waals surface area contributed by atoms with E-state index in [1.165, 1.54) is 0 Å². The summed E-state index contributed by atoms with van der Waals surface area (Å²) in [5.74, 6) is -2.02. The van der Waals surface area contributed by atoms with E-state index >= 15 is 0 Å². The molecule has 1 saturated carbocycles. The molecule has 1 aliphatic carbocycles. The lowest BCUT2D eigenvalue weighted by Gasteiger charge is -2.30. The van der Waals surface area contributed by atoms with Gasteiger partial charge in [0.25, 0.3) is 0 Å². The van der Waals surface area contributed by atoms with E-state index in [9.17, 15) is 14.9 Å². The van der Waals surface area contributed by atoms with Crippen LogP contribution in [0.25, 0.3) is 0 Å². The molecule has 0 radical (unpaired) electrons. The lowest BCUT2D eigenvalue weighted by atomic mass is 9.76. The van der Waals surface area contributed by atoms with E-state index in [2.05, 4.69) is 0 Å². The van der Waals surface area contributed by atoms with E-state index in [1.54, 1.807) is 13.8 Å². The molecule has 0 aromatic rings. The molecule has 18 heavy (non-hydrogen) atoms. The van der Waals surface area contributed by atoms with E-state index in [1.807, 2.05) is 0 Å². The Labute approximate surface area is 104 Å². The zero-order valence-corrected chi connectivity index (χ0v) is 10.2. The van der Waals surface area contributed by atoms with Gasteiger partial charge in [0.2, 0.25) is 6.54 Å². The number of carbonyl (C=O) groups is 1. The van der Waals surface area contributed by atoms with Gasteiger partial charge in [-0.25, -0.2) is 0 Å². The highest BCUT2D eigenvalue weighted by Gasteiger charge is 2.61. The second-order valence-corrected chi connectivity index (χ2v) is 5.56. The quantitative estimate of drug-likeness (QED) is 0.403. The molecule has 0 spiro atoms. The van der Waals surface area contributed by atoms with Crippen molar-refractivity contribution in [3.05, 3.63) is 10.1 Å². The number of carbonyl (C=O) groups excluding carboxylic acids is 1. The monoisotopic (exact) mass is 257 g/mol. The van der Waals surface area contributed by atoms with Crippen molar-refractivity contribution < 1.29 is 23.9 Å². The van der Waals surface area contributed by atoms with Crippen LogP contribution in [0.3, 0.4) is 0 Å². The summed E-state index contributed by atoms with van der Waals surface area (Å²) in [5.41, 5.74) is 0. The van der Waals surface area contributed by atoms with Crippen molar-refractivity contribution >= 4 is 5.97 Å². The fourth-order valence-electron chi connectivity index (χ4n) is 3.25. The van der Waals surface area contributed by atoms with Crippen LogP contribution >= 0.6 is 0 Å². The molecule has 0 amide bonds. The van der Waals surface area contributed by atoms with Crippen LogP contribution in [0, 0.1) is 22.0 Å². The first kappa shape index (κ1) is 11.9. The molecule has 5 atom stereocenters. The Bertz CT molecular complexity index is 408. The van der Waals surface area contributed by atoms with Gasteiger partial charge in [-0.05, 0) is 13.8 Å². The normalized spacial score (nSPS) is 44.6. The molecule has 0 N–H and O–H groups in total. The summed E-state index contributed by atoms with van der Waals surface area (Å²) in [7, 11) is 0. The first-order valence-electron chi connectivity index (χ1n) is 6.05. The second-order valence-electron chi connectivity index (χ2n) is 5.56. The molecule has 2 saturated heterocycles. The fourth-order valence-corrected chi connectivity index (χ4v) is 3.25. The Kier molecular flexibility index (Phi) is 2.40. The van der Waals surface area contributed by atoms with E-state index in [0.29, 0.717) is 6.42 Å². The molecule has 7 heteroatoms. The van der Waals surface area contributed by atoms with Crippen LogP contribution < -0.4 is 0 Å². The average Bonchev–Trinajstić information content (AvgIpc) is 2.73. The largest absolute Gasteiger partial charge is 0.459 e. The third-order valence-corrected chi connectivity index (χ3v) is 3.89. The van der Waals surface area contributed by atoms with Crippen molar-refractivity contribution in [2.24, 2.45) is 11.8 Å². The van der Waals surface area contributed by atoms with Crippen LogP contribution in [-0.2, 0) is 19.0 Å². The van der Waals surface area contributed by atoms with Crippen molar-refractivity contribution in [3.8, 4) is 0 Å². The van der Waals surface area contributed by atoms with Crippen molar-refractivity contribution in [3.63, 3.8) is 0 Å². The summed E-state index contributed by atoms with van der Waals surface area (Å²) >= 11 is 0. The lowest BCUT2D eigenvalue weighted by molar-refractivity contribution is -0.492. The summed E-state index contributed by atoms with van der Waals surface area (Å²) in [5, 5.41) is 10.8.